The number of carbonyl (C=O) groups excluding carboxylic acids is 4. The summed E-state index contributed by atoms with van der Waals surface area (Å²) in [7, 11) is 1.25. The Balaban J connectivity index is 2.27. The zero-order valence-electron chi connectivity index (χ0n) is 19.1. The third-order valence-electron chi connectivity index (χ3n) is 4.66. The lowest BCUT2D eigenvalue weighted by molar-refractivity contribution is -0.140. The van der Waals surface area contributed by atoms with Crippen molar-refractivity contribution in [3.8, 4) is 0 Å². The van der Waals surface area contributed by atoms with Crippen LogP contribution in [0.3, 0.4) is 0 Å². The first kappa shape index (κ1) is 26.1. The topological polar surface area (TPSA) is 98.8 Å². The third-order valence-corrected chi connectivity index (χ3v) is 4.90. The van der Waals surface area contributed by atoms with Crippen LogP contribution in [0.15, 0.2) is 48.5 Å². The molecular formula is C25H28ClNO6. The average molecular weight is 474 g/mol. The van der Waals surface area contributed by atoms with E-state index in [4.69, 9.17) is 16.3 Å². The minimum Gasteiger partial charge on any atom is -0.469 e. The zero-order valence-corrected chi connectivity index (χ0v) is 19.9. The average Bonchev–Trinajstić information content (AvgIpc) is 2.76. The Morgan fingerprint density at radius 3 is 2.30 bits per heavy atom. The lowest BCUT2D eigenvalue weighted by Gasteiger charge is -2.23. The van der Waals surface area contributed by atoms with Gasteiger partial charge in [-0.1, -0.05) is 48.0 Å². The van der Waals surface area contributed by atoms with E-state index in [0.29, 0.717) is 21.7 Å². The molecule has 0 saturated heterocycles. The maximum absolute atomic E-state index is 13.1. The molecule has 1 amide bonds. The molecule has 176 valence electrons. The van der Waals surface area contributed by atoms with Crippen LogP contribution in [0.4, 0.5) is 4.79 Å². The predicted octanol–water partition coefficient (Wildman–Crippen LogP) is 4.53. The van der Waals surface area contributed by atoms with Gasteiger partial charge in [0.25, 0.3) is 0 Å². The summed E-state index contributed by atoms with van der Waals surface area (Å²) in [5.41, 5.74) is 0.465. The fourth-order valence-corrected chi connectivity index (χ4v) is 3.27. The standard InChI is InChI=1S/C25H28ClNO6/c1-25(2,3)33-24(31)27-20(12-13-22(29)32-4)21(28)14-17-10-11-18(26)15-19(17)23(30)16-8-6-5-7-9-16/h5-11,15,20H,12-14H2,1-4H3,(H,27,31)/t20-/m0/s1. The summed E-state index contributed by atoms with van der Waals surface area (Å²) >= 11 is 6.12. The number of amides is 1. The van der Waals surface area contributed by atoms with Crippen LogP contribution < -0.4 is 5.32 Å². The Labute approximate surface area is 198 Å². The van der Waals surface area contributed by atoms with E-state index in [-0.39, 0.29) is 30.8 Å². The number of rotatable bonds is 9. The van der Waals surface area contributed by atoms with Crippen molar-refractivity contribution >= 4 is 35.2 Å². The Morgan fingerprint density at radius 2 is 1.70 bits per heavy atom. The molecule has 2 rings (SSSR count). The first-order valence-electron chi connectivity index (χ1n) is 10.5. The lowest BCUT2D eigenvalue weighted by Crippen LogP contribution is -2.44. The van der Waals surface area contributed by atoms with Crippen molar-refractivity contribution in [3.63, 3.8) is 0 Å². The Kier molecular flexibility index (Phi) is 9.17. The maximum Gasteiger partial charge on any atom is 0.408 e. The van der Waals surface area contributed by atoms with Gasteiger partial charge in [0.2, 0.25) is 0 Å². The van der Waals surface area contributed by atoms with Crippen molar-refractivity contribution in [1.82, 2.24) is 5.32 Å². The number of Topliss-reactive ketones (excluding diaryl/α,β-unsaturated/α-hetero) is 1. The van der Waals surface area contributed by atoms with Gasteiger partial charge in [-0.05, 0) is 44.9 Å². The summed E-state index contributed by atoms with van der Waals surface area (Å²) in [5, 5.41) is 2.90. The molecule has 1 atom stereocenters. The fraction of sp³-hybridized carbons (Fsp3) is 0.360. The molecule has 0 radical (unpaired) electrons. The molecule has 33 heavy (non-hydrogen) atoms. The third kappa shape index (κ3) is 8.35. The molecule has 0 aliphatic carbocycles. The molecule has 7 nitrogen and oxygen atoms in total. The number of nitrogens with one attached hydrogen (secondary N) is 1. The molecule has 0 aliphatic rings. The van der Waals surface area contributed by atoms with E-state index in [0.717, 1.165) is 0 Å². The van der Waals surface area contributed by atoms with Gasteiger partial charge in [-0.25, -0.2) is 4.79 Å². The molecule has 0 fully saturated rings. The highest BCUT2D eigenvalue weighted by Gasteiger charge is 2.26. The van der Waals surface area contributed by atoms with Gasteiger partial charge in [0.05, 0.1) is 13.2 Å². The molecule has 0 saturated carbocycles. The second-order valence-corrected chi connectivity index (χ2v) is 8.89. The maximum atomic E-state index is 13.1. The number of ether oxygens (including phenoxy) is 2. The molecule has 0 heterocycles. The fourth-order valence-electron chi connectivity index (χ4n) is 3.10. The van der Waals surface area contributed by atoms with Crippen LogP contribution in [0, 0.1) is 0 Å². The summed E-state index contributed by atoms with van der Waals surface area (Å²) in [6.45, 7) is 5.10. The Bertz CT molecular complexity index is 1010. The van der Waals surface area contributed by atoms with Crippen molar-refractivity contribution in [1.29, 1.82) is 0 Å². The van der Waals surface area contributed by atoms with Crippen molar-refractivity contribution in [2.75, 3.05) is 7.11 Å². The number of hydrogen-bond donors (Lipinski definition) is 1. The van der Waals surface area contributed by atoms with Gasteiger partial charge < -0.3 is 14.8 Å². The highest BCUT2D eigenvalue weighted by Crippen LogP contribution is 2.21. The Morgan fingerprint density at radius 1 is 1.03 bits per heavy atom. The number of methoxy groups -OCH3 is 1. The van der Waals surface area contributed by atoms with E-state index in [1.165, 1.54) is 13.2 Å². The lowest BCUT2D eigenvalue weighted by atomic mass is 9.93. The molecule has 0 aliphatic heterocycles. The molecule has 0 spiro atoms. The van der Waals surface area contributed by atoms with Crippen LogP contribution in [0.5, 0.6) is 0 Å². The smallest absolute Gasteiger partial charge is 0.408 e. The van der Waals surface area contributed by atoms with Gasteiger partial charge >= 0.3 is 12.1 Å². The van der Waals surface area contributed by atoms with Gasteiger partial charge in [-0.3, -0.25) is 14.4 Å². The van der Waals surface area contributed by atoms with E-state index in [1.807, 2.05) is 0 Å². The normalized spacial score (nSPS) is 11.9. The quantitative estimate of drug-likeness (QED) is 0.424. The molecule has 2 aromatic carbocycles. The van der Waals surface area contributed by atoms with Gasteiger partial charge in [-0.2, -0.15) is 0 Å². The summed E-state index contributed by atoms with van der Waals surface area (Å²) in [6, 6.07) is 12.4. The second-order valence-electron chi connectivity index (χ2n) is 8.45. The largest absolute Gasteiger partial charge is 0.469 e. The molecule has 0 bridgehead atoms. The summed E-state index contributed by atoms with van der Waals surface area (Å²) in [4.78, 5) is 50.1. The van der Waals surface area contributed by atoms with Crippen LogP contribution in [-0.2, 0) is 25.5 Å². The van der Waals surface area contributed by atoms with Crippen LogP contribution >= 0.6 is 11.6 Å². The van der Waals surface area contributed by atoms with Gasteiger partial charge in [0.15, 0.2) is 11.6 Å². The highest BCUT2D eigenvalue weighted by molar-refractivity contribution is 6.31. The summed E-state index contributed by atoms with van der Waals surface area (Å²) in [6.07, 6.45) is -0.964. The highest BCUT2D eigenvalue weighted by atomic mass is 35.5. The number of hydrogen-bond acceptors (Lipinski definition) is 6. The van der Waals surface area contributed by atoms with E-state index in [9.17, 15) is 19.2 Å². The summed E-state index contributed by atoms with van der Waals surface area (Å²) in [5.74, 6) is -1.16. The zero-order chi connectivity index (χ0) is 24.6. The minimum atomic E-state index is -1.01. The molecule has 0 unspecified atom stereocenters. The van der Waals surface area contributed by atoms with E-state index < -0.39 is 23.7 Å². The molecule has 0 aromatic heterocycles. The van der Waals surface area contributed by atoms with Crippen molar-refractivity contribution < 1.29 is 28.7 Å². The SMILES string of the molecule is COC(=O)CC[C@H](NC(=O)OC(C)(C)C)C(=O)Cc1ccc(Cl)cc1C(=O)c1ccccc1. The molecule has 1 N–H and O–H groups in total. The number of carbonyl (C=O) groups is 4. The van der Waals surface area contributed by atoms with Gasteiger partial charge in [0.1, 0.15) is 5.60 Å². The first-order valence-corrected chi connectivity index (χ1v) is 10.8. The predicted molar refractivity (Wildman–Crippen MR) is 124 cm³/mol. The van der Waals surface area contributed by atoms with E-state index >= 15 is 0 Å². The van der Waals surface area contributed by atoms with Crippen LogP contribution in [-0.4, -0.2) is 42.4 Å². The molecular weight excluding hydrogens is 446 g/mol. The molecule has 8 heteroatoms. The van der Waals surface area contributed by atoms with Crippen molar-refractivity contribution in [2.45, 2.75) is 51.7 Å². The van der Waals surface area contributed by atoms with Gasteiger partial charge in [0, 0.05) is 29.0 Å². The summed E-state index contributed by atoms with van der Waals surface area (Å²) < 4.78 is 9.89. The van der Waals surface area contributed by atoms with Crippen molar-refractivity contribution in [3.05, 3.63) is 70.2 Å². The first-order chi connectivity index (χ1) is 15.5. The van der Waals surface area contributed by atoms with Crippen LogP contribution in [0.1, 0.15) is 55.1 Å². The van der Waals surface area contributed by atoms with E-state index in [1.54, 1.807) is 63.2 Å². The monoisotopic (exact) mass is 473 g/mol. The number of alkyl carbamates (subject to hydrolysis) is 1. The number of halogens is 1. The van der Waals surface area contributed by atoms with Crippen molar-refractivity contribution in [2.24, 2.45) is 0 Å². The van der Waals surface area contributed by atoms with Gasteiger partial charge in [-0.15, -0.1) is 0 Å². The van der Waals surface area contributed by atoms with Crippen LogP contribution in [0.25, 0.3) is 0 Å². The number of ketones is 2. The van der Waals surface area contributed by atoms with Crippen LogP contribution in [0.2, 0.25) is 5.02 Å². The molecule has 2 aromatic rings. The number of benzene rings is 2. The second kappa shape index (κ2) is 11.6. The van der Waals surface area contributed by atoms with E-state index in [2.05, 4.69) is 10.1 Å². The number of esters is 1. The minimum absolute atomic E-state index is 0.0281. The Hall–Kier alpha value is -3.19.